The number of nitrogens with zero attached hydrogens (tertiary/aromatic N) is 3. The number of aromatic nitrogens is 1. The van der Waals surface area contributed by atoms with Gasteiger partial charge in [0, 0.05) is 42.8 Å². The number of amides is 1. The van der Waals surface area contributed by atoms with Gasteiger partial charge in [0.25, 0.3) is 0 Å². The molecule has 160 valence electrons. The smallest absolute Gasteiger partial charge is 0.368 e. The van der Waals surface area contributed by atoms with Crippen molar-refractivity contribution in [3.63, 3.8) is 0 Å². The third-order valence-corrected chi connectivity index (χ3v) is 5.18. The molecule has 1 aromatic carbocycles. The Kier molecular flexibility index (Phi) is 5.93. The van der Waals surface area contributed by atoms with Gasteiger partial charge in [-0.15, -0.1) is 0 Å². The zero-order valence-electron chi connectivity index (χ0n) is 17.3. The number of nitriles is 1. The van der Waals surface area contributed by atoms with Gasteiger partial charge in [0.05, 0.1) is 17.0 Å². The summed E-state index contributed by atoms with van der Waals surface area (Å²) in [7, 11) is 0. The van der Waals surface area contributed by atoms with Crippen LogP contribution in [0, 0.1) is 22.7 Å². The van der Waals surface area contributed by atoms with Gasteiger partial charge in [0.15, 0.2) is 0 Å². The average molecular weight is 418 g/mol. The number of piperidine rings is 1. The SMILES string of the molecule is CC(C)(C)CC(=O)N[C@@H]1C[C@H](C(F)(F)F)CN(c2ccc(C#N)c3ncccc23)C1. The highest BCUT2D eigenvalue weighted by atomic mass is 19.4. The Morgan fingerprint density at radius 3 is 2.63 bits per heavy atom. The molecule has 0 bridgehead atoms. The Morgan fingerprint density at radius 1 is 1.27 bits per heavy atom. The van der Waals surface area contributed by atoms with E-state index in [1.807, 2.05) is 20.8 Å². The molecule has 0 unspecified atom stereocenters. The van der Waals surface area contributed by atoms with Crippen LogP contribution in [0.2, 0.25) is 0 Å². The Labute approximate surface area is 173 Å². The van der Waals surface area contributed by atoms with Crippen molar-refractivity contribution in [3.05, 3.63) is 36.0 Å². The topological polar surface area (TPSA) is 69.0 Å². The Hall–Kier alpha value is -2.82. The third-order valence-electron chi connectivity index (χ3n) is 5.18. The molecule has 30 heavy (non-hydrogen) atoms. The standard InChI is InChI=1S/C22H25F3N4O/c1-21(2,3)10-19(30)28-16-9-15(22(23,24)25)12-29(13-16)18-7-6-14(11-26)20-17(18)5-4-8-27-20/h4-8,15-16H,9-10,12-13H2,1-3H3,(H,28,30)/t15-,16+/m0/s1. The molecule has 0 saturated carbocycles. The molecule has 3 rings (SSSR count). The number of anilines is 1. The first kappa shape index (κ1) is 21.9. The van der Waals surface area contributed by atoms with Gasteiger partial charge in [-0.2, -0.15) is 18.4 Å². The maximum absolute atomic E-state index is 13.7. The summed E-state index contributed by atoms with van der Waals surface area (Å²) in [4.78, 5) is 18.3. The fourth-order valence-electron chi connectivity index (χ4n) is 3.92. The summed E-state index contributed by atoms with van der Waals surface area (Å²) in [6.07, 6.45) is -2.73. The molecule has 1 N–H and O–H groups in total. The molecule has 2 heterocycles. The number of hydrogen-bond acceptors (Lipinski definition) is 4. The van der Waals surface area contributed by atoms with E-state index in [9.17, 15) is 23.2 Å². The van der Waals surface area contributed by atoms with Crippen molar-refractivity contribution in [1.82, 2.24) is 10.3 Å². The van der Waals surface area contributed by atoms with Crippen LogP contribution in [0.1, 0.15) is 39.2 Å². The van der Waals surface area contributed by atoms with Gasteiger partial charge in [0.2, 0.25) is 5.91 Å². The van der Waals surface area contributed by atoms with Crippen molar-refractivity contribution in [1.29, 1.82) is 5.26 Å². The minimum atomic E-state index is -4.37. The number of benzene rings is 1. The molecule has 1 aliphatic heterocycles. The van der Waals surface area contributed by atoms with Gasteiger partial charge in [-0.25, -0.2) is 0 Å². The summed E-state index contributed by atoms with van der Waals surface area (Å²) in [5.41, 5.74) is 1.16. The molecule has 0 aliphatic carbocycles. The van der Waals surface area contributed by atoms with Crippen LogP contribution in [0.4, 0.5) is 18.9 Å². The summed E-state index contributed by atoms with van der Waals surface area (Å²) in [5, 5.41) is 12.7. The quantitative estimate of drug-likeness (QED) is 0.801. The molecule has 1 amide bonds. The van der Waals surface area contributed by atoms with Crippen molar-refractivity contribution in [2.75, 3.05) is 18.0 Å². The molecule has 1 aliphatic rings. The monoisotopic (exact) mass is 418 g/mol. The molecule has 2 atom stereocenters. The molecule has 0 radical (unpaired) electrons. The molecule has 2 aromatic rings. The highest BCUT2D eigenvalue weighted by Gasteiger charge is 2.45. The minimum absolute atomic E-state index is 0.150. The molecule has 5 nitrogen and oxygen atoms in total. The number of rotatable bonds is 3. The molecular formula is C22H25F3N4O. The fourth-order valence-corrected chi connectivity index (χ4v) is 3.92. The number of nitrogens with one attached hydrogen (secondary N) is 1. The van der Waals surface area contributed by atoms with Gasteiger partial charge >= 0.3 is 6.18 Å². The van der Waals surface area contributed by atoms with Crippen LogP contribution < -0.4 is 10.2 Å². The highest BCUT2D eigenvalue weighted by Crippen LogP contribution is 2.37. The molecule has 8 heteroatoms. The largest absolute Gasteiger partial charge is 0.393 e. The van der Waals surface area contributed by atoms with E-state index in [4.69, 9.17) is 0 Å². The van der Waals surface area contributed by atoms with Gasteiger partial charge in [-0.05, 0) is 36.1 Å². The third kappa shape index (κ3) is 5.02. The van der Waals surface area contributed by atoms with Crippen molar-refractivity contribution >= 4 is 22.5 Å². The van der Waals surface area contributed by atoms with E-state index in [0.29, 0.717) is 22.2 Å². The summed E-state index contributed by atoms with van der Waals surface area (Å²) in [6.45, 7) is 5.79. The van der Waals surface area contributed by atoms with Crippen LogP contribution in [0.15, 0.2) is 30.5 Å². The predicted octanol–water partition coefficient (Wildman–Crippen LogP) is 4.42. The predicted molar refractivity (Wildman–Crippen MR) is 109 cm³/mol. The number of pyridine rings is 1. The second-order valence-corrected chi connectivity index (χ2v) is 9.02. The fraction of sp³-hybridized carbons (Fsp3) is 0.500. The van der Waals surface area contributed by atoms with Gasteiger partial charge in [-0.3, -0.25) is 9.78 Å². The van der Waals surface area contributed by atoms with Crippen LogP contribution in [-0.4, -0.2) is 36.2 Å². The van der Waals surface area contributed by atoms with E-state index in [2.05, 4.69) is 16.4 Å². The van der Waals surface area contributed by atoms with E-state index in [1.54, 1.807) is 35.4 Å². The highest BCUT2D eigenvalue weighted by molar-refractivity contribution is 5.95. The van der Waals surface area contributed by atoms with Gasteiger partial charge in [0.1, 0.15) is 6.07 Å². The summed E-state index contributed by atoms with van der Waals surface area (Å²) in [5.74, 6) is -1.81. The lowest BCUT2D eigenvalue weighted by molar-refractivity contribution is -0.178. The minimum Gasteiger partial charge on any atom is -0.368 e. The van der Waals surface area contributed by atoms with Crippen molar-refractivity contribution in [2.24, 2.45) is 11.3 Å². The van der Waals surface area contributed by atoms with Gasteiger partial charge in [-0.1, -0.05) is 20.8 Å². The van der Waals surface area contributed by atoms with Crippen LogP contribution in [0.3, 0.4) is 0 Å². The molecule has 1 fully saturated rings. The Morgan fingerprint density at radius 2 is 2.00 bits per heavy atom. The van der Waals surface area contributed by atoms with E-state index >= 15 is 0 Å². The molecule has 1 saturated heterocycles. The van der Waals surface area contributed by atoms with Crippen LogP contribution in [0.5, 0.6) is 0 Å². The number of hydrogen-bond donors (Lipinski definition) is 1. The molecule has 1 aromatic heterocycles. The number of carbonyl (C=O) groups is 1. The summed E-state index contributed by atoms with van der Waals surface area (Å²) >= 11 is 0. The van der Waals surface area contributed by atoms with E-state index in [0.717, 1.165) is 0 Å². The number of halogens is 3. The number of carbonyl (C=O) groups excluding carboxylic acids is 1. The van der Waals surface area contributed by atoms with Crippen molar-refractivity contribution in [2.45, 2.75) is 45.8 Å². The van der Waals surface area contributed by atoms with E-state index in [1.165, 1.54) is 0 Å². The first-order valence-corrected chi connectivity index (χ1v) is 9.87. The number of alkyl halides is 3. The first-order chi connectivity index (χ1) is 14.0. The second-order valence-electron chi connectivity index (χ2n) is 9.02. The average Bonchev–Trinajstić information content (AvgIpc) is 2.64. The first-order valence-electron chi connectivity index (χ1n) is 9.87. The molecule has 0 spiro atoms. The lowest BCUT2D eigenvalue weighted by Crippen LogP contribution is -2.54. The summed E-state index contributed by atoms with van der Waals surface area (Å²) < 4.78 is 41.0. The maximum Gasteiger partial charge on any atom is 0.393 e. The summed E-state index contributed by atoms with van der Waals surface area (Å²) in [6, 6.07) is 8.14. The molecular weight excluding hydrogens is 393 g/mol. The van der Waals surface area contributed by atoms with Crippen LogP contribution >= 0.6 is 0 Å². The van der Waals surface area contributed by atoms with Crippen molar-refractivity contribution < 1.29 is 18.0 Å². The Bertz CT molecular complexity index is 975. The zero-order valence-corrected chi connectivity index (χ0v) is 17.3. The normalized spacial score (nSPS) is 20.1. The van der Waals surface area contributed by atoms with E-state index < -0.39 is 18.1 Å². The van der Waals surface area contributed by atoms with Crippen LogP contribution in [0.25, 0.3) is 10.9 Å². The lowest BCUT2D eigenvalue weighted by Gasteiger charge is -2.40. The maximum atomic E-state index is 13.7. The van der Waals surface area contributed by atoms with Crippen molar-refractivity contribution in [3.8, 4) is 6.07 Å². The lowest BCUT2D eigenvalue weighted by atomic mass is 9.90. The zero-order chi connectivity index (χ0) is 22.1. The Balaban J connectivity index is 1.93. The van der Waals surface area contributed by atoms with E-state index in [-0.39, 0.29) is 37.3 Å². The van der Waals surface area contributed by atoms with Gasteiger partial charge < -0.3 is 10.2 Å². The van der Waals surface area contributed by atoms with Crippen LogP contribution in [-0.2, 0) is 4.79 Å². The second kappa shape index (κ2) is 8.13. The number of fused-ring (bicyclic) bond motifs is 1.